The Bertz CT molecular complexity index is 241. The van der Waals surface area contributed by atoms with Crippen LogP contribution in [0.4, 0.5) is 4.39 Å². The van der Waals surface area contributed by atoms with E-state index in [2.05, 4.69) is 4.98 Å². The quantitative estimate of drug-likeness (QED) is 0.675. The van der Waals surface area contributed by atoms with Crippen molar-refractivity contribution in [1.29, 1.82) is 0 Å². The van der Waals surface area contributed by atoms with E-state index in [1.807, 2.05) is 0 Å². The van der Waals surface area contributed by atoms with Crippen LogP contribution in [0.1, 0.15) is 5.69 Å². The van der Waals surface area contributed by atoms with Crippen LogP contribution in [0, 0.1) is 5.82 Å². The lowest BCUT2D eigenvalue weighted by molar-refractivity contribution is 0.276. The fourth-order valence-electron chi connectivity index (χ4n) is 0.571. The second-order valence-corrected chi connectivity index (χ2v) is 2.09. The third kappa shape index (κ3) is 1.25. The summed E-state index contributed by atoms with van der Waals surface area (Å²) >= 11 is 5.40. The van der Waals surface area contributed by atoms with Crippen LogP contribution in [-0.2, 0) is 6.61 Å². The molecule has 10 heavy (non-hydrogen) atoms. The smallest absolute Gasteiger partial charge is 0.145 e. The molecular formula is C6H5ClFNO. The molecule has 1 rings (SSSR count). The van der Waals surface area contributed by atoms with Crippen molar-refractivity contribution in [2.45, 2.75) is 6.61 Å². The summed E-state index contributed by atoms with van der Waals surface area (Å²) in [5, 5.41) is 8.42. The highest BCUT2D eigenvalue weighted by molar-refractivity contribution is 6.31. The van der Waals surface area contributed by atoms with Gasteiger partial charge in [0.25, 0.3) is 0 Å². The maximum absolute atomic E-state index is 12.5. The van der Waals surface area contributed by atoms with Crippen molar-refractivity contribution in [2.24, 2.45) is 0 Å². The highest BCUT2D eigenvalue weighted by Gasteiger charge is 2.04. The van der Waals surface area contributed by atoms with Crippen molar-refractivity contribution in [1.82, 2.24) is 4.98 Å². The first-order valence-corrected chi connectivity index (χ1v) is 3.03. The van der Waals surface area contributed by atoms with Gasteiger partial charge in [0.15, 0.2) is 0 Å². The van der Waals surface area contributed by atoms with E-state index in [0.717, 1.165) is 6.07 Å². The Kier molecular flexibility index (Phi) is 2.19. The van der Waals surface area contributed by atoms with Crippen molar-refractivity contribution in [3.05, 3.63) is 28.8 Å². The third-order valence-corrected chi connectivity index (χ3v) is 1.46. The molecule has 1 aromatic rings. The maximum Gasteiger partial charge on any atom is 0.145 e. The Morgan fingerprint density at radius 1 is 1.70 bits per heavy atom. The van der Waals surface area contributed by atoms with E-state index in [0.29, 0.717) is 0 Å². The van der Waals surface area contributed by atoms with Gasteiger partial charge in [-0.05, 0) is 6.07 Å². The van der Waals surface area contributed by atoms with E-state index in [1.165, 1.54) is 6.20 Å². The Morgan fingerprint density at radius 3 is 2.90 bits per heavy atom. The molecule has 0 amide bonds. The Balaban J connectivity index is 3.14. The molecule has 0 atom stereocenters. The van der Waals surface area contributed by atoms with Gasteiger partial charge >= 0.3 is 0 Å². The minimum Gasteiger partial charge on any atom is -0.390 e. The average Bonchev–Trinajstić information content (AvgIpc) is 1.95. The van der Waals surface area contributed by atoms with Crippen molar-refractivity contribution in [3.63, 3.8) is 0 Å². The monoisotopic (exact) mass is 161 g/mol. The Hall–Kier alpha value is -0.670. The van der Waals surface area contributed by atoms with E-state index in [1.54, 1.807) is 0 Å². The Labute approximate surface area is 62.3 Å². The number of rotatable bonds is 1. The predicted molar refractivity (Wildman–Crippen MR) is 35.1 cm³/mol. The summed E-state index contributed by atoms with van der Waals surface area (Å²) in [4.78, 5) is 3.64. The fraction of sp³-hybridized carbons (Fsp3) is 0.167. The molecule has 1 aromatic heterocycles. The minimum atomic E-state index is -0.555. The molecule has 1 N–H and O–H groups in total. The number of hydrogen-bond acceptors (Lipinski definition) is 2. The van der Waals surface area contributed by atoms with Crippen molar-refractivity contribution in [2.75, 3.05) is 0 Å². The molecule has 4 heteroatoms. The molecule has 0 aliphatic rings. The molecule has 0 radical (unpaired) electrons. The highest BCUT2D eigenvalue weighted by Crippen LogP contribution is 2.16. The lowest BCUT2D eigenvalue weighted by atomic mass is 10.3. The number of pyridine rings is 1. The van der Waals surface area contributed by atoms with Crippen molar-refractivity contribution in [3.8, 4) is 0 Å². The highest BCUT2D eigenvalue weighted by atomic mass is 35.5. The van der Waals surface area contributed by atoms with Crippen LogP contribution < -0.4 is 0 Å². The zero-order valence-electron chi connectivity index (χ0n) is 5.01. The number of hydrogen-bond donors (Lipinski definition) is 1. The first-order chi connectivity index (χ1) is 4.75. The summed E-state index contributed by atoms with van der Waals surface area (Å²) in [6.07, 6.45) is 1.26. The van der Waals surface area contributed by atoms with Gasteiger partial charge in [0, 0.05) is 6.20 Å². The first kappa shape index (κ1) is 7.44. The summed E-state index contributed by atoms with van der Waals surface area (Å²) in [5.41, 5.74) is 0.168. The molecule has 0 spiro atoms. The van der Waals surface area contributed by atoms with Gasteiger partial charge in [-0.3, -0.25) is 4.98 Å². The normalized spacial score (nSPS) is 9.90. The molecular weight excluding hydrogens is 157 g/mol. The molecule has 0 bridgehead atoms. The summed E-state index contributed by atoms with van der Waals surface area (Å²) in [5.74, 6) is -0.555. The molecule has 0 saturated heterocycles. The summed E-state index contributed by atoms with van der Waals surface area (Å²) in [6.45, 7) is -0.337. The number of aliphatic hydroxyl groups is 1. The van der Waals surface area contributed by atoms with Gasteiger partial charge in [-0.2, -0.15) is 0 Å². The predicted octanol–water partition coefficient (Wildman–Crippen LogP) is 1.37. The van der Waals surface area contributed by atoms with E-state index in [-0.39, 0.29) is 17.3 Å². The lowest BCUT2D eigenvalue weighted by Gasteiger charge is -1.97. The summed E-state index contributed by atoms with van der Waals surface area (Å²) in [6, 6.07) is 1.14. The number of halogens is 2. The van der Waals surface area contributed by atoms with Crippen LogP contribution in [0.2, 0.25) is 5.02 Å². The van der Waals surface area contributed by atoms with Crippen molar-refractivity contribution >= 4 is 11.6 Å². The van der Waals surface area contributed by atoms with E-state index >= 15 is 0 Å². The molecule has 0 aliphatic carbocycles. The summed E-state index contributed by atoms with van der Waals surface area (Å²) < 4.78 is 12.5. The Morgan fingerprint density at radius 2 is 2.40 bits per heavy atom. The SMILES string of the molecule is OCc1nccc(F)c1Cl. The fourth-order valence-corrected chi connectivity index (χ4v) is 0.742. The number of nitrogens with zero attached hydrogens (tertiary/aromatic N) is 1. The van der Waals surface area contributed by atoms with Gasteiger partial charge in [-0.25, -0.2) is 4.39 Å². The van der Waals surface area contributed by atoms with Gasteiger partial charge in [0.05, 0.1) is 12.3 Å². The van der Waals surface area contributed by atoms with E-state index < -0.39 is 5.82 Å². The average molecular weight is 162 g/mol. The standard InChI is InChI=1S/C6H5ClFNO/c7-6-4(8)1-2-9-5(6)3-10/h1-2,10H,3H2. The van der Waals surface area contributed by atoms with Crippen LogP contribution in [0.15, 0.2) is 12.3 Å². The summed E-state index contributed by atoms with van der Waals surface area (Å²) in [7, 11) is 0. The number of aliphatic hydroxyl groups excluding tert-OH is 1. The molecule has 0 aliphatic heterocycles. The molecule has 1 heterocycles. The topological polar surface area (TPSA) is 33.1 Å². The second kappa shape index (κ2) is 2.94. The molecule has 0 saturated carbocycles. The largest absolute Gasteiger partial charge is 0.390 e. The van der Waals surface area contributed by atoms with E-state index in [4.69, 9.17) is 16.7 Å². The van der Waals surface area contributed by atoms with Crippen LogP contribution in [-0.4, -0.2) is 10.1 Å². The number of aromatic nitrogens is 1. The molecule has 0 unspecified atom stereocenters. The van der Waals surface area contributed by atoms with Crippen molar-refractivity contribution < 1.29 is 9.50 Å². The van der Waals surface area contributed by atoms with Crippen LogP contribution in [0.3, 0.4) is 0 Å². The molecule has 0 fully saturated rings. The third-order valence-electron chi connectivity index (χ3n) is 1.06. The first-order valence-electron chi connectivity index (χ1n) is 2.65. The zero-order valence-corrected chi connectivity index (χ0v) is 5.77. The molecule has 2 nitrogen and oxygen atoms in total. The van der Waals surface area contributed by atoms with E-state index in [9.17, 15) is 4.39 Å². The second-order valence-electron chi connectivity index (χ2n) is 1.71. The van der Waals surface area contributed by atoms with Gasteiger partial charge in [-0.15, -0.1) is 0 Å². The lowest BCUT2D eigenvalue weighted by Crippen LogP contribution is -1.91. The molecule has 54 valence electrons. The minimum absolute atomic E-state index is 0.106. The van der Waals surface area contributed by atoms with Gasteiger partial charge in [0.1, 0.15) is 10.8 Å². The van der Waals surface area contributed by atoms with Crippen LogP contribution in [0.25, 0.3) is 0 Å². The molecule has 0 aromatic carbocycles. The van der Waals surface area contributed by atoms with Gasteiger partial charge < -0.3 is 5.11 Å². The van der Waals surface area contributed by atoms with Gasteiger partial charge in [-0.1, -0.05) is 11.6 Å². The zero-order chi connectivity index (χ0) is 7.56. The maximum atomic E-state index is 12.5. The van der Waals surface area contributed by atoms with Crippen LogP contribution in [0.5, 0.6) is 0 Å². The van der Waals surface area contributed by atoms with Gasteiger partial charge in [0.2, 0.25) is 0 Å². The van der Waals surface area contributed by atoms with Crippen LogP contribution >= 0.6 is 11.6 Å².